The van der Waals surface area contributed by atoms with Gasteiger partial charge in [-0.15, -0.1) is 0 Å². The van der Waals surface area contributed by atoms with Gasteiger partial charge in [0.25, 0.3) is 0 Å². The molecule has 0 heterocycles. The zero-order valence-corrected chi connectivity index (χ0v) is 13.6. The van der Waals surface area contributed by atoms with Crippen molar-refractivity contribution in [1.29, 1.82) is 0 Å². The molecule has 0 radical (unpaired) electrons. The molecule has 0 aliphatic heterocycles. The predicted molar refractivity (Wildman–Crippen MR) is 86.7 cm³/mol. The average Bonchev–Trinajstić information content (AvgIpc) is 2.97. The van der Waals surface area contributed by atoms with Crippen molar-refractivity contribution >= 4 is 0 Å². The zero-order valence-electron chi connectivity index (χ0n) is 13.6. The third-order valence-corrected chi connectivity index (χ3v) is 4.58. The fourth-order valence-corrected chi connectivity index (χ4v) is 3.16. The molecule has 1 aromatic rings. The van der Waals surface area contributed by atoms with E-state index in [1.54, 1.807) is 0 Å². The number of hydrogen-bond acceptors (Lipinski definition) is 3. The van der Waals surface area contributed by atoms with Crippen LogP contribution in [0.4, 0.5) is 0 Å². The molecule has 1 saturated carbocycles. The molecule has 1 fully saturated rings. The van der Waals surface area contributed by atoms with Crippen molar-refractivity contribution in [2.24, 2.45) is 5.92 Å². The molecule has 1 aliphatic carbocycles. The first-order valence-corrected chi connectivity index (χ1v) is 8.18. The van der Waals surface area contributed by atoms with Gasteiger partial charge in [0, 0.05) is 11.6 Å². The lowest BCUT2D eigenvalue weighted by Crippen LogP contribution is -2.21. The molecule has 3 nitrogen and oxygen atoms in total. The van der Waals surface area contributed by atoms with Gasteiger partial charge in [0.2, 0.25) is 0 Å². The third-order valence-electron chi connectivity index (χ3n) is 4.58. The molecule has 21 heavy (non-hydrogen) atoms. The normalized spacial score (nSPS) is 18.7. The Kier molecular flexibility index (Phi) is 6.07. The second kappa shape index (κ2) is 7.81. The van der Waals surface area contributed by atoms with Crippen LogP contribution >= 0.6 is 0 Å². The van der Waals surface area contributed by atoms with Crippen molar-refractivity contribution in [3.05, 3.63) is 29.3 Å². The van der Waals surface area contributed by atoms with Gasteiger partial charge in [-0.05, 0) is 44.9 Å². The maximum absolute atomic E-state index is 10.2. The molecule has 1 aromatic carbocycles. The van der Waals surface area contributed by atoms with E-state index in [1.807, 2.05) is 7.05 Å². The number of rotatable bonds is 7. The quantitative estimate of drug-likeness (QED) is 0.806. The first-order valence-electron chi connectivity index (χ1n) is 8.18. The van der Waals surface area contributed by atoms with E-state index < -0.39 is 0 Å². The summed E-state index contributed by atoms with van der Waals surface area (Å²) in [7, 11) is 1.95. The number of benzene rings is 1. The Balaban J connectivity index is 1.93. The fourth-order valence-electron chi connectivity index (χ4n) is 3.16. The predicted octanol–water partition coefficient (Wildman–Crippen LogP) is 3.60. The van der Waals surface area contributed by atoms with Gasteiger partial charge in [0.05, 0.1) is 6.10 Å². The highest BCUT2D eigenvalue weighted by Gasteiger charge is 2.19. The van der Waals surface area contributed by atoms with E-state index in [9.17, 15) is 5.11 Å². The van der Waals surface area contributed by atoms with Gasteiger partial charge < -0.3 is 15.2 Å². The summed E-state index contributed by atoms with van der Waals surface area (Å²) >= 11 is 0. The van der Waals surface area contributed by atoms with Crippen LogP contribution in [0.3, 0.4) is 0 Å². The van der Waals surface area contributed by atoms with Gasteiger partial charge in [0.15, 0.2) is 0 Å². The lowest BCUT2D eigenvalue weighted by Gasteiger charge is -2.20. The van der Waals surface area contributed by atoms with Crippen molar-refractivity contribution < 1.29 is 9.84 Å². The molecule has 0 bridgehead atoms. The molecule has 0 spiro atoms. The summed E-state index contributed by atoms with van der Waals surface area (Å²) in [6, 6.07) is 6.51. The standard InChI is InChI=1S/C18H29NO2/c1-13-8-9-17(14(2)19-3)18(10-13)21-12-16(20)11-15-6-4-5-7-15/h8-10,14-16,19-20H,4-7,11-12H2,1-3H3. The molecule has 0 aromatic heterocycles. The Morgan fingerprint density at radius 2 is 2.05 bits per heavy atom. The van der Waals surface area contributed by atoms with Crippen LogP contribution in [0.15, 0.2) is 18.2 Å². The SMILES string of the molecule is CNC(C)c1ccc(C)cc1OCC(O)CC1CCCC1. The largest absolute Gasteiger partial charge is 0.491 e. The molecule has 2 N–H and O–H groups in total. The van der Waals surface area contributed by atoms with Gasteiger partial charge in [0.1, 0.15) is 12.4 Å². The highest BCUT2D eigenvalue weighted by atomic mass is 16.5. The van der Waals surface area contributed by atoms with Crippen molar-refractivity contribution in [2.45, 2.75) is 58.1 Å². The van der Waals surface area contributed by atoms with Crippen molar-refractivity contribution in [1.82, 2.24) is 5.32 Å². The number of aryl methyl sites for hydroxylation is 1. The number of aliphatic hydroxyl groups excluding tert-OH is 1. The van der Waals surface area contributed by atoms with E-state index in [-0.39, 0.29) is 12.1 Å². The van der Waals surface area contributed by atoms with Gasteiger partial charge >= 0.3 is 0 Å². The second-order valence-electron chi connectivity index (χ2n) is 6.40. The van der Waals surface area contributed by atoms with Crippen molar-refractivity contribution in [2.75, 3.05) is 13.7 Å². The van der Waals surface area contributed by atoms with E-state index >= 15 is 0 Å². The maximum Gasteiger partial charge on any atom is 0.124 e. The highest BCUT2D eigenvalue weighted by molar-refractivity contribution is 5.39. The van der Waals surface area contributed by atoms with E-state index in [4.69, 9.17) is 4.74 Å². The summed E-state index contributed by atoms with van der Waals surface area (Å²) in [5.41, 5.74) is 2.33. The Bertz CT molecular complexity index is 441. The van der Waals surface area contributed by atoms with E-state index in [0.29, 0.717) is 12.5 Å². The molecule has 3 heteroatoms. The topological polar surface area (TPSA) is 41.5 Å². The average molecular weight is 291 g/mol. The van der Waals surface area contributed by atoms with Crippen LogP contribution in [0.5, 0.6) is 5.75 Å². The van der Waals surface area contributed by atoms with Crippen molar-refractivity contribution in [3.63, 3.8) is 0 Å². The van der Waals surface area contributed by atoms with Crippen LogP contribution in [0, 0.1) is 12.8 Å². The van der Waals surface area contributed by atoms with Crippen LogP contribution in [-0.2, 0) is 0 Å². The molecular weight excluding hydrogens is 262 g/mol. The van der Waals surface area contributed by atoms with Gasteiger partial charge in [-0.25, -0.2) is 0 Å². The number of nitrogens with one attached hydrogen (secondary N) is 1. The number of hydrogen-bond donors (Lipinski definition) is 2. The molecule has 118 valence electrons. The van der Waals surface area contributed by atoms with Crippen LogP contribution in [0.2, 0.25) is 0 Å². The lowest BCUT2D eigenvalue weighted by atomic mass is 10.0. The molecule has 2 atom stereocenters. The first-order chi connectivity index (χ1) is 10.1. The molecule has 1 aliphatic rings. The summed E-state index contributed by atoms with van der Waals surface area (Å²) in [5.74, 6) is 1.58. The number of ether oxygens (including phenoxy) is 1. The smallest absolute Gasteiger partial charge is 0.124 e. The minimum atomic E-state index is -0.355. The minimum absolute atomic E-state index is 0.243. The fraction of sp³-hybridized carbons (Fsp3) is 0.667. The van der Waals surface area contributed by atoms with Gasteiger partial charge in [-0.3, -0.25) is 0 Å². The summed E-state index contributed by atoms with van der Waals surface area (Å²) in [6.07, 6.45) is 5.70. The summed E-state index contributed by atoms with van der Waals surface area (Å²) in [6.45, 7) is 4.57. The van der Waals surface area contributed by atoms with E-state index in [2.05, 4.69) is 37.4 Å². The second-order valence-corrected chi connectivity index (χ2v) is 6.40. The Labute approximate surface area is 128 Å². The number of aliphatic hydroxyl groups is 1. The van der Waals surface area contributed by atoms with Crippen LogP contribution in [0.1, 0.15) is 56.2 Å². The molecule has 0 amide bonds. The Hall–Kier alpha value is -1.06. The molecule has 2 unspecified atom stereocenters. The highest BCUT2D eigenvalue weighted by Crippen LogP contribution is 2.30. The Morgan fingerprint density at radius 3 is 2.71 bits per heavy atom. The van der Waals surface area contributed by atoms with E-state index in [0.717, 1.165) is 17.7 Å². The lowest BCUT2D eigenvalue weighted by molar-refractivity contribution is 0.0848. The van der Waals surface area contributed by atoms with Crippen molar-refractivity contribution in [3.8, 4) is 5.75 Å². The molecule has 0 saturated heterocycles. The minimum Gasteiger partial charge on any atom is -0.491 e. The molecular formula is C18H29NO2. The summed E-state index contributed by atoms with van der Waals surface area (Å²) in [4.78, 5) is 0. The van der Waals surface area contributed by atoms with Crippen LogP contribution in [0.25, 0.3) is 0 Å². The first kappa shape index (κ1) is 16.3. The van der Waals surface area contributed by atoms with Crippen LogP contribution < -0.4 is 10.1 Å². The summed E-state index contributed by atoms with van der Waals surface area (Å²) in [5, 5.41) is 13.4. The molecule has 2 rings (SSSR count). The maximum atomic E-state index is 10.2. The summed E-state index contributed by atoms with van der Waals surface area (Å²) < 4.78 is 5.92. The monoisotopic (exact) mass is 291 g/mol. The zero-order chi connectivity index (χ0) is 15.2. The Morgan fingerprint density at radius 1 is 1.33 bits per heavy atom. The third kappa shape index (κ3) is 4.72. The van der Waals surface area contributed by atoms with Gasteiger partial charge in [-0.2, -0.15) is 0 Å². The van der Waals surface area contributed by atoms with Crippen LogP contribution in [-0.4, -0.2) is 24.9 Å². The van der Waals surface area contributed by atoms with E-state index in [1.165, 1.54) is 31.2 Å². The van der Waals surface area contributed by atoms with Gasteiger partial charge in [-0.1, -0.05) is 37.8 Å².